The number of esters is 1. The Hall–Kier alpha value is -2.21. The van der Waals surface area contributed by atoms with Crippen LogP contribution in [0, 0.1) is 0 Å². The number of aromatic nitrogens is 1. The SMILES string of the molecule is COC(=O)c1cncc(NC(=O)/C=C/CN(C)C)c1. The molecular formula is C13H17N3O3. The number of carbonyl (C=O) groups excluding carboxylic acids is 2. The molecule has 1 rings (SSSR count). The van der Waals surface area contributed by atoms with E-state index in [2.05, 4.69) is 15.0 Å². The number of methoxy groups -OCH3 is 1. The summed E-state index contributed by atoms with van der Waals surface area (Å²) in [5.74, 6) is -0.766. The minimum absolute atomic E-state index is 0.273. The summed E-state index contributed by atoms with van der Waals surface area (Å²) in [7, 11) is 5.11. The highest BCUT2D eigenvalue weighted by Gasteiger charge is 2.07. The molecule has 1 heterocycles. The van der Waals surface area contributed by atoms with Crippen LogP contribution in [0.1, 0.15) is 10.4 Å². The van der Waals surface area contributed by atoms with E-state index in [1.165, 1.54) is 31.6 Å². The minimum atomic E-state index is -0.494. The molecule has 0 aromatic carbocycles. The van der Waals surface area contributed by atoms with Crippen LogP contribution in [0.15, 0.2) is 30.6 Å². The molecule has 0 fully saturated rings. The first-order valence-electron chi connectivity index (χ1n) is 5.68. The Morgan fingerprint density at radius 1 is 1.42 bits per heavy atom. The number of ether oxygens (including phenoxy) is 1. The Morgan fingerprint density at radius 2 is 2.16 bits per heavy atom. The number of amides is 1. The van der Waals surface area contributed by atoms with Crippen molar-refractivity contribution in [2.45, 2.75) is 0 Å². The number of nitrogens with one attached hydrogen (secondary N) is 1. The van der Waals surface area contributed by atoms with E-state index in [0.717, 1.165) is 0 Å². The van der Waals surface area contributed by atoms with Crippen LogP contribution >= 0.6 is 0 Å². The Balaban J connectivity index is 2.64. The zero-order chi connectivity index (χ0) is 14.3. The van der Waals surface area contributed by atoms with Gasteiger partial charge < -0.3 is 15.0 Å². The molecule has 0 bridgehead atoms. The molecule has 1 aromatic heterocycles. The van der Waals surface area contributed by atoms with Crippen molar-refractivity contribution < 1.29 is 14.3 Å². The first-order chi connectivity index (χ1) is 9.02. The van der Waals surface area contributed by atoms with Crippen LogP contribution in [0.5, 0.6) is 0 Å². The van der Waals surface area contributed by atoms with Crippen LogP contribution in [0.25, 0.3) is 0 Å². The van der Waals surface area contributed by atoms with Crippen molar-refractivity contribution in [3.05, 3.63) is 36.2 Å². The Kier molecular flexibility index (Phi) is 5.69. The molecule has 1 N–H and O–H groups in total. The number of rotatable bonds is 5. The maximum Gasteiger partial charge on any atom is 0.339 e. The smallest absolute Gasteiger partial charge is 0.339 e. The molecule has 1 aromatic rings. The molecule has 102 valence electrons. The number of nitrogens with zero attached hydrogens (tertiary/aromatic N) is 2. The first kappa shape index (κ1) is 14.8. The summed E-state index contributed by atoms with van der Waals surface area (Å²) in [5, 5.41) is 2.62. The largest absolute Gasteiger partial charge is 0.465 e. The van der Waals surface area contributed by atoms with E-state index in [0.29, 0.717) is 12.2 Å². The van der Waals surface area contributed by atoms with Gasteiger partial charge in [0.15, 0.2) is 0 Å². The first-order valence-corrected chi connectivity index (χ1v) is 5.68. The van der Waals surface area contributed by atoms with Gasteiger partial charge in [-0.2, -0.15) is 0 Å². The molecule has 1 amide bonds. The highest BCUT2D eigenvalue weighted by atomic mass is 16.5. The second-order valence-corrected chi connectivity index (χ2v) is 4.11. The third kappa shape index (κ3) is 5.31. The highest BCUT2D eigenvalue weighted by Crippen LogP contribution is 2.09. The summed E-state index contributed by atoms with van der Waals surface area (Å²) >= 11 is 0. The van der Waals surface area contributed by atoms with Gasteiger partial charge in [-0.05, 0) is 20.2 Å². The summed E-state index contributed by atoms with van der Waals surface area (Å²) in [4.78, 5) is 28.7. The van der Waals surface area contributed by atoms with Crippen molar-refractivity contribution in [2.24, 2.45) is 0 Å². The summed E-state index contributed by atoms with van der Waals surface area (Å²) in [6.45, 7) is 0.674. The standard InChI is InChI=1S/C13H17N3O3/c1-16(2)6-4-5-12(17)15-11-7-10(8-14-9-11)13(18)19-3/h4-5,7-9H,6H2,1-3H3,(H,15,17)/b5-4+. The second-order valence-electron chi connectivity index (χ2n) is 4.11. The molecule has 0 saturated carbocycles. The number of pyridine rings is 1. The van der Waals surface area contributed by atoms with E-state index in [9.17, 15) is 9.59 Å². The van der Waals surface area contributed by atoms with Crippen LogP contribution in [-0.4, -0.2) is 49.5 Å². The Bertz CT molecular complexity index is 484. The third-order valence-electron chi connectivity index (χ3n) is 2.17. The molecule has 0 aliphatic rings. The van der Waals surface area contributed by atoms with Gasteiger partial charge in [0.2, 0.25) is 5.91 Å². The van der Waals surface area contributed by atoms with Gasteiger partial charge in [-0.25, -0.2) is 4.79 Å². The maximum absolute atomic E-state index is 11.6. The van der Waals surface area contributed by atoms with Gasteiger partial charge in [-0.15, -0.1) is 0 Å². The van der Waals surface area contributed by atoms with Crippen molar-refractivity contribution in [1.82, 2.24) is 9.88 Å². The number of hydrogen-bond acceptors (Lipinski definition) is 5. The third-order valence-corrected chi connectivity index (χ3v) is 2.17. The van der Waals surface area contributed by atoms with Gasteiger partial charge in [0, 0.05) is 18.8 Å². The lowest BCUT2D eigenvalue weighted by Gasteiger charge is -2.05. The van der Waals surface area contributed by atoms with Crippen LogP contribution in [0.3, 0.4) is 0 Å². The summed E-state index contributed by atoms with van der Waals surface area (Å²) in [6, 6.07) is 1.51. The van der Waals surface area contributed by atoms with Crippen LogP contribution in [-0.2, 0) is 9.53 Å². The number of anilines is 1. The average Bonchev–Trinajstić information content (AvgIpc) is 2.37. The van der Waals surface area contributed by atoms with Gasteiger partial charge in [0.1, 0.15) is 0 Å². The van der Waals surface area contributed by atoms with Crippen molar-refractivity contribution >= 4 is 17.6 Å². The van der Waals surface area contributed by atoms with E-state index in [1.807, 2.05) is 19.0 Å². The molecule has 0 aliphatic heterocycles. The Morgan fingerprint density at radius 3 is 2.79 bits per heavy atom. The van der Waals surface area contributed by atoms with Gasteiger partial charge in [0.25, 0.3) is 0 Å². The van der Waals surface area contributed by atoms with E-state index >= 15 is 0 Å². The lowest BCUT2D eigenvalue weighted by molar-refractivity contribution is -0.111. The monoisotopic (exact) mass is 263 g/mol. The van der Waals surface area contributed by atoms with Crippen molar-refractivity contribution in [1.29, 1.82) is 0 Å². The average molecular weight is 263 g/mol. The highest BCUT2D eigenvalue weighted by molar-refractivity contribution is 6.00. The molecule has 0 aliphatic carbocycles. The zero-order valence-corrected chi connectivity index (χ0v) is 11.2. The van der Waals surface area contributed by atoms with Crippen LogP contribution < -0.4 is 5.32 Å². The molecule has 19 heavy (non-hydrogen) atoms. The molecule has 0 radical (unpaired) electrons. The number of hydrogen-bond donors (Lipinski definition) is 1. The van der Waals surface area contributed by atoms with Crippen molar-refractivity contribution in [3.63, 3.8) is 0 Å². The topological polar surface area (TPSA) is 71.5 Å². The second kappa shape index (κ2) is 7.27. The molecular weight excluding hydrogens is 246 g/mol. The van der Waals surface area contributed by atoms with E-state index in [1.54, 1.807) is 6.08 Å². The van der Waals surface area contributed by atoms with E-state index < -0.39 is 5.97 Å². The molecule has 6 nitrogen and oxygen atoms in total. The lowest BCUT2D eigenvalue weighted by atomic mass is 10.2. The zero-order valence-electron chi connectivity index (χ0n) is 11.2. The summed E-state index contributed by atoms with van der Waals surface area (Å²) < 4.78 is 4.58. The minimum Gasteiger partial charge on any atom is -0.465 e. The van der Waals surface area contributed by atoms with Gasteiger partial charge in [-0.1, -0.05) is 6.08 Å². The quantitative estimate of drug-likeness (QED) is 0.632. The van der Waals surface area contributed by atoms with E-state index in [-0.39, 0.29) is 11.5 Å². The van der Waals surface area contributed by atoms with Gasteiger partial charge >= 0.3 is 5.97 Å². The Labute approximate surface area is 112 Å². The van der Waals surface area contributed by atoms with Crippen molar-refractivity contribution in [3.8, 4) is 0 Å². The van der Waals surface area contributed by atoms with Crippen LogP contribution in [0.2, 0.25) is 0 Å². The fourth-order valence-corrected chi connectivity index (χ4v) is 1.29. The lowest BCUT2D eigenvalue weighted by Crippen LogP contribution is -2.13. The van der Waals surface area contributed by atoms with E-state index in [4.69, 9.17) is 0 Å². The molecule has 0 atom stereocenters. The summed E-state index contributed by atoms with van der Waals surface area (Å²) in [5.41, 5.74) is 0.736. The summed E-state index contributed by atoms with van der Waals surface area (Å²) in [6.07, 6.45) is 6.02. The van der Waals surface area contributed by atoms with Gasteiger partial charge in [0.05, 0.1) is 24.6 Å². The molecule has 0 spiro atoms. The molecule has 0 unspecified atom stereocenters. The molecule has 0 saturated heterocycles. The van der Waals surface area contributed by atoms with Crippen LogP contribution in [0.4, 0.5) is 5.69 Å². The predicted octanol–water partition coefficient (Wildman–Crippen LogP) is 0.924. The fraction of sp³-hybridized carbons (Fsp3) is 0.308. The number of likely N-dealkylation sites (N-methyl/N-ethyl adjacent to an activating group) is 1. The van der Waals surface area contributed by atoms with Crippen molar-refractivity contribution in [2.75, 3.05) is 33.1 Å². The predicted molar refractivity (Wildman–Crippen MR) is 71.9 cm³/mol. The van der Waals surface area contributed by atoms with Gasteiger partial charge in [-0.3, -0.25) is 9.78 Å². The molecule has 6 heteroatoms. The normalized spacial score (nSPS) is 10.7. The fourth-order valence-electron chi connectivity index (χ4n) is 1.29. The number of carbonyl (C=O) groups is 2. The maximum atomic E-state index is 11.6.